The number of hydrogen-bond acceptors (Lipinski definition) is 9. The van der Waals surface area contributed by atoms with Crippen LogP contribution in [0.2, 0.25) is 0 Å². The number of carbonyl (C=O) groups is 1. The number of anilines is 1. The molecular weight excluding hydrogens is 551 g/mol. The van der Waals surface area contributed by atoms with Gasteiger partial charge in [-0.2, -0.15) is 5.26 Å². The molecule has 204 valence electrons. The van der Waals surface area contributed by atoms with Gasteiger partial charge in [-0.25, -0.2) is 18.4 Å². The summed E-state index contributed by atoms with van der Waals surface area (Å²) in [6.07, 6.45) is 5.14. The number of benzene rings is 1. The average Bonchev–Trinajstić information content (AvgIpc) is 3.35. The third kappa shape index (κ3) is 5.47. The van der Waals surface area contributed by atoms with Crippen LogP contribution in [-0.4, -0.2) is 54.4 Å². The quantitative estimate of drug-likeness (QED) is 0.439. The Morgan fingerprint density at radius 2 is 1.85 bits per heavy atom. The summed E-state index contributed by atoms with van der Waals surface area (Å²) >= 11 is 3.21. The number of thiazole rings is 2. The van der Waals surface area contributed by atoms with Gasteiger partial charge >= 0.3 is 0 Å². The maximum absolute atomic E-state index is 13.4. The maximum atomic E-state index is 13.4. The Bertz CT molecular complexity index is 1520. The third-order valence-corrected chi connectivity index (χ3v) is 11.6. The van der Waals surface area contributed by atoms with Gasteiger partial charge in [0.1, 0.15) is 16.2 Å². The number of aromatic nitrogens is 2. The highest BCUT2D eigenvalue weighted by atomic mass is 32.2. The molecule has 2 saturated carbocycles. The van der Waals surface area contributed by atoms with Gasteiger partial charge in [0, 0.05) is 36.0 Å². The lowest BCUT2D eigenvalue weighted by atomic mass is 9.76. The van der Waals surface area contributed by atoms with Crippen LogP contribution in [0, 0.1) is 24.2 Å². The van der Waals surface area contributed by atoms with Crippen molar-refractivity contribution in [2.24, 2.45) is 5.92 Å². The number of nitrogens with zero attached hydrogens (tertiary/aromatic N) is 4. The van der Waals surface area contributed by atoms with Crippen molar-refractivity contribution < 1.29 is 13.2 Å². The topological polar surface area (TPSA) is 116 Å². The molecule has 3 aromatic rings. The number of nitriles is 1. The zero-order chi connectivity index (χ0) is 27.2. The molecule has 0 unspecified atom stereocenters. The summed E-state index contributed by atoms with van der Waals surface area (Å²) in [5, 5.41) is 16.5. The van der Waals surface area contributed by atoms with Crippen molar-refractivity contribution in [1.82, 2.24) is 15.3 Å². The van der Waals surface area contributed by atoms with Crippen LogP contribution >= 0.6 is 22.7 Å². The van der Waals surface area contributed by atoms with Gasteiger partial charge in [-0.1, -0.05) is 25.0 Å². The van der Waals surface area contributed by atoms with Crippen molar-refractivity contribution in [2.75, 3.05) is 29.5 Å². The molecule has 8 nitrogen and oxygen atoms in total. The summed E-state index contributed by atoms with van der Waals surface area (Å²) in [6, 6.07) is 10.6. The number of aryl methyl sites for hydroxylation is 1. The SMILES string of the molecule is Cc1nc(-c2nc([C@@H]3CCCC[C@H]3C(=O)NC3(C#N)CC3)c(-c3ccc(N4CCS(=O)(=O)CC4)cc3)s2)cs1. The first kappa shape index (κ1) is 26.4. The third-order valence-electron chi connectivity index (χ3n) is 8.11. The fourth-order valence-corrected chi connectivity index (χ4v) is 8.62. The van der Waals surface area contributed by atoms with Crippen molar-refractivity contribution in [1.29, 1.82) is 5.26 Å². The molecule has 3 heterocycles. The van der Waals surface area contributed by atoms with E-state index in [1.54, 1.807) is 22.7 Å². The molecule has 2 atom stereocenters. The molecule has 1 N–H and O–H groups in total. The summed E-state index contributed by atoms with van der Waals surface area (Å²) in [4.78, 5) is 26.4. The van der Waals surface area contributed by atoms with E-state index < -0.39 is 15.4 Å². The molecule has 3 fully saturated rings. The Morgan fingerprint density at radius 3 is 2.49 bits per heavy atom. The molecule has 1 aliphatic heterocycles. The van der Waals surface area contributed by atoms with Crippen LogP contribution < -0.4 is 10.2 Å². The normalized spacial score (nSPS) is 23.6. The minimum Gasteiger partial charge on any atom is -0.369 e. The second-order valence-electron chi connectivity index (χ2n) is 10.9. The lowest BCUT2D eigenvalue weighted by molar-refractivity contribution is -0.127. The maximum Gasteiger partial charge on any atom is 0.225 e. The number of sulfone groups is 1. The van der Waals surface area contributed by atoms with E-state index in [0.717, 1.165) is 76.1 Å². The van der Waals surface area contributed by atoms with Crippen LogP contribution in [0.25, 0.3) is 21.1 Å². The Hall–Kier alpha value is -2.81. The Labute approximate surface area is 237 Å². The van der Waals surface area contributed by atoms with Crippen LogP contribution in [0.5, 0.6) is 0 Å². The predicted octanol–water partition coefficient (Wildman–Crippen LogP) is 4.92. The van der Waals surface area contributed by atoms with Gasteiger partial charge in [-0.3, -0.25) is 4.79 Å². The number of nitrogens with one attached hydrogen (secondary N) is 1. The van der Waals surface area contributed by atoms with Crippen LogP contribution in [0.4, 0.5) is 5.69 Å². The molecule has 0 spiro atoms. The van der Waals surface area contributed by atoms with Crippen molar-refractivity contribution in [3.63, 3.8) is 0 Å². The summed E-state index contributed by atoms with van der Waals surface area (Å²) in [5.74, 6) is 0.0919. The highest BCUT2D eigenvalue weighted by Crippen LogP contribution is 2.46. The molecule has 0 bridgehead atoms. The summed E-state index contributed by atoms with van der Waals surface area (Å²) in [7, 11) is -2.94. The molecule has 39 heavy (non-hydrogen) atoms. The average molecular weight is 582 g/mol. The van der Waals surface area contributed by atoms with E-state index in [0.29, 0.717) is 13.1 Å². The first-order chi connectivity index (χ1) is 18.8. The standard InChI is InChI=1S/C28H31N5O3S3/c1-18-30-23(16-37-18)27-31-24(21-4-2-3-5-22(21)26(34)32-28(17-29)10-11-28)25(38-27)19-6-8-20(9-7-19)33-12-14-39(35,36)15-13-33/h6-9,16,21-22H,2-5,10-15H2,1H3,(H,32,34)/t21-,22-/m1/s1. The first-order valence-corrected chi connectivity index (χ1v) is 17.0. The molecule has 2 aromatic heterocycles. The monoisotopic (exact) mass is 581 g/mol. The minimum atomic E-state index is -2.94. The second-order valence-corrected chi connectivity index (χ2v) is 15.2. The highest BCUT2D eigenvalue weighted by molar-refractivity contribution is 7.91. The Morgan fingerprint density at radius 1 is 1.13 bits per heavy atom. The van der Waals surface area contributed by atoms with Gasteiger partial charge in [-0.15, -0.1) is 22.7 Å². The molecule has 11 heteroatoms. The van der Waals surface area contributed by atoms with Gasteiger partial charge in [0.15, 0.2) is 9.84 Å². The fourth-order valence-electron chi connectivity index (χ4n) is 5.65. The van der Waals surface area contributed by atoms with Gasteiger partial charge in [0.05, 0.1) is 33.2 Å². The lowest BCUT2D eigenvalue weighted by Crippen LogP contribution is -2.42. The van der Waals surface area contributed by atoms with Gasteiger partial charge in [0.2, 0.25) is 5.91 Å². The second kappa shape index (κ2) is 10.3. The van der Waals surface area contributed by atoms with E-state index in [4.69, 9.17) is 4.98 Å². The minimum absolute atomic E-state index is 0.0278. The summed E-state index contributed by atoms with van der Waals surface area (Å²) in [5.41, 5.74) is 3.17. The fraction of sp³-hybridized carbons (Fsp3) is 0.500. The zero-order valence-electron chi connectivity index (χ0n) is 21.9. The molecule has 0 radical (unpaired) electrons. The van der Waals surface area contributed by atoms with E-state index >= 15 is 0 Å². The smallest absolute Gasteiger partial charge is 0.225 e. The van der Waals surface area contributed by atoms with Crippen LogP contribution in [0.15, 0.2) is 29.6 Å². The van der Waals surface area contributed by atoms with Crippen LogP contribution in [0.3, 0.4) is 0 Å². The lowest BCUT2D eigenvalue weighted by Gasteiger charge is -2.31. The van der Waals surface area contributed by atoms with Crippen LogP contribution in [-0.2, 0) is 14.6 Å². The number of hydrogen-bond donors (Lipinski definition) is 1. The largest absolute Gasteiger partial charge is 0.369 e. The molecule has 1 aromatic carbocycles. The highest BCUT2D eigenvalue weighted by Gasteiger charge is 2.47. The molecule has 6 rings (SSSR count). The Balaban J connectivity index is 1.34. The number of rotatable bonds is 6. The van der Waals surface area contributed by atoms with E-state index in [1.807, 2.05) is 12.3 Å². The van der Waals surface area contributed by atoms with Gasteiger partial charge < -0.3 is 10.2 Å². The van der Waals surface area contributed by atoms with Crippen molar-refractivity contribution in [3.8, 4) is 27.2 Å². The van der Waals surface area contributed by atoms with E-state index in [1.165, 1.54) is 0 Å². The van der Waals surface area contributed by atoms with Gasteiger partial charge in [0.25, 0.3) is 0 Å². The summed E-state index contributed by atoms with van der Waals surface area (Å²) < 4.78 is 23.7. The predicted molar refractivity (Wildman–Crippen MR) is 155 cm³/mol. The molecule has 2 aliphatic carbocycles. The van der Waals surface area contributed by atoms with E-state index in [2.05, 4.69) is 45.5 Å². The van der Waals surface area contributed by atoms with Crippen molar-refractivity contribution in [3.05, 3.63) is 40.3 Å². The molecule has 1 amide bonds. The van der Waals surface area contributed by atoms with Crippen molar-refractivity contribution >= 4 is 44.1 Å². The molecule has 1 saturated heterocycles. The number of carbonyl (C=O) groups excluding carboxylic acids is 1. The zero-order valence-corrected chi connectivity index (χ0v) is 24.3. The molecule has 3 aliphatic rings. The van der Waals surface area contributed by atoms with E-state index in [-0.39, 0.29) is 29.2 Å². The first-order valence-electron chi connectivity index (χ1n) is 13.5. The number of amides is 1. The van der Waals surface area contributed by atoms with Crippen molar-refractivity contribution in [2.45, 2.75) is 56.9 Å². The Kier molecular flexibility index (Phi) is 6.98. The summed E-state index contributed by atoms with van der Waals surface area (Å²) in [6.45, 7) is 2.99. The van der Waals surface area contributed by atoms with Gasteiger partial charge in [-0.05, 0) is 50.3 Å². The molecular formula is C28H31N5O3S3. The van der Waals surface area contributed by atoms with Crippen LogP contribution in [0.1, 0.15) is 55.1 Å². The van der Waals surface area contributed by atoms with E-state index in [9.17, 15) is 18.5 Å².